The number of pyridine rings is 1. The van der Waals surface area contributed by atoms with Crippen LogP contribution in [0.3, 0.4) is 0 Å². The maximum Gasteiger partial charge on any atom is 0.328 e. The summed E-state index contributed by atoms with van der Waals surface area (Å²) >= 11 is 0. The second kappa shape index (κ2) is 4.82. The summed E-state index contributed by atoms with van der Waals surface area (Å²) in [6, 6.07) is 2.31. The van der Waals surface area contributed by atoms with Gasteiger partial charge >= 0.3 is 6.03 Å². The largest absolute Gasteiger partial charge is 0.328 e. The highest BCUT2D eigenvalue weighted by Gasteiger charge is 2.26. The first-order chi connectivity index (χ1) is 10.1. The molecule has 0 unspecified atom stereocenters. The Kier molecular flexibility index (Phi) is 2.98. The van der Waals surface area contributed by atoms with Gasteiger partial charge in [0.05, 0.1) is 6.20 Å². The number of amides is 3. The van der Waals surface area contributed by atoms with Gasteiger partial charge in [0.15, 0.2) is 0 Å². The third kappa shape index (κ3) is 2.16. The Bertz CT molecular complexity index is 827. The van der Waals surface area contributed by atoms with Crippen molar-refractivity contribution in [2.24, 2.45) is 0 Å². The van der Waals surface area contributed by atoms with Gasteiger partial charge in [-0.2, -0.15) is 0 Å². The SMILES string of the molecule is O=Cc1ccn2c(=O)c(N3CCC(=O)NC3=O)cnc2c1. The van der Waals surface area contributed by atoms with Gasteiger partial charge in [-0.25, -0.2) is 9.78 Å². The van der Waals surface area contributed by atoms with E-state index in [-0.39, 0.29) is 24.6 Å². The average molecular weight is 286 g/mol. The van der Waals surface area contributed by atoms with E-state index >= 15 is 0 Å². The van der Waals surface area contributed by atoms with Gasteiger partial charge in [0, 0.05) is 24.7 Å². The molecule has 2 aromatic rings. The Balaban J connectivity index is 2.10. The lowest BCUT2D eigenvalue weighted by Crippen LogP contribution is -2.51. The second-order valence-corrected chi connectivity index (χ2v) is 4.51. The number of aromatic nitrogens is 2. The molecule has 0 aromatic carbocycles. The Hall–Kier alpha value is -3.03. The fourth-order valence-electron chi connectivity index (χ4n) is 2.13. The van der Waals surface area contributed by atoms with Gasteiger partial charge in [-0.3, -0.25) is 29.0 Å². The number of hydrogen-bond donors (Lipinski definition) is 1. The molecule has 3 heterocycles. The number of nitrogens with one attached hydrogen (secondary N) is 1. The molecular weight excluding hydrogens is 276 g/mol. The first-order valence-electron chi connectivity index (χ1n) is 6.18. The van der Waals surface area contributed by atoms with Crippen LogP contribution in [0.1, 0.15) is 16.8 Å². The highest BCUT2D eigenvalue weighted by molar-refractivity contribution is 6.05. The first-order valence-corrected chi connectivity index (χ1v) is 6.18. The van der Waals surface area contributed by atoms with Gasteiger partial charge < -0.3 is 0 Å². The maximum absolute atomic E-state index is 12.4. The maximum atomic E-state index is 12.4. The van der Waals surface area contributed by atoms with Crippen LogP contribution in [0.15, 0.2) is 29.3 Å². The van der Waals surface area contributed by atoms with Crippen molar-refractivity contribution >= 4 is 29.6 Å². The van der Waals surface area contributed by atoms with Crippen LogP contribution in [0, 0.1) is 0 Å². The van der Waals surface area contributed by atoms with Gasteiger partial charge in [0.25, 0.3) is 5.56 Å². The number of imide groups is 1. The Morgan fingerprint density at radius 3 is 2.81 bits per heavy atom. The summed E-state index contributed by atoms with van der Waals surface area (Å²) in [7, 11) is 0. The van der Waals surface area contributed by atoms with Gasteiger partial charge in [0.1, 0.15) is 17.6 Å². The zero-order valence-corrected chi connectivity index (χ0v) is 10.8. The third-order valence-corrected chi connectivity index (χ3v) is 3.20. The molecule has 8 nitrogen and oxygen atoms in total. The van der Waals surface area contributed by atoms with Crippen LogP contribution >= 0.6 is 0 Å². The molecule has 0 spiro atoms. The molecule has 1 aliphatic heterocycles. The molecule has 0 bridgehead atoms. The number of aldehydes is 1. The number of nitrogens with zero attached hydrogens (tertiary/aromatic N) is 3. The minimum atomic E-state index is -0.644. The fourth-order valence-corrected chi connectivity index (χ4v) is 2.13. The van der Waals surface area contributed by atoms with E-state index in [1.54, 1.807) is 0 Å². The zero-order valence-electron chi connectivity index (χ0n) is 10.8. The lowest BCUT2D eigenvalue weighted by molar-refractivity contribution is -0.120. The summed E-state index contributed by atoms with van der Waals surface area (Å²) in [6.07, 6.45) is 3.47. The van der Waals surface area contributed by atoms with Gasteiger partial charge in [-0.15, -0.1) is 0 Å². The van der Waals surface area contributed by atoms with Gasteiger partial charge in [-0.05, 0) is 12.1 Å². The minimum absolute atomic E-state index is 0.0800. The van der Waals surface area contributed by atoms with Crippen molar-refractivity contribution in [2.75, 3.05) is 11.4 Å². The second-order valence-electron chi connectivity index (χ2n) is 4.51. The summed E-state index contributed by atoms with van der Waals surface area (Å²) in [4.78, 5) is 51.2. The van der Waals surface area contributed by atoms with E-state index in [1.165, 1.54) is 33.8 Å². The molecular formula is C13H10N4O4. The van der Waals surface area contributed by atoms with Crippen molar-refractivity contribution in [1.29, 1.82) is 0 Å². The van der Waals surface area contributed by atoms with E-state index in [4.69, 9.17) is 0 Å². The van der Waals surface area contributed by atoms with E-state index in [2.05, 4.69) is 10.3 Å². The predicted octanol–water partition coefficient (Wildman–Crippen LogP) is -0.0467. The van der Waals surface area contributed by atoms with Gasteiger partial charge in [0.2, 0.25) is 5.91 Å². The van der Waals surface area contributed by atoms with Crippen molar-refractivity contribution < 1.29 is 14.4 Å². The van der Waals surface area contributed by atoms with Crippen LogP contribution in [0.5, 0.6) is 0 Å². The lowest BCUT2D eigenvalue weighted by Gasteiger charge is -2.25. The predicted molar refractivity (Wildman–Crippen MR) is 72.4 cm³/mol. The van der Waals surface area contributed by atoms with Crippen LogP contribution in [0.2, 0.25) is 0 Å². The highest BCUT2D eigenvalue weighted by atomic mass is 16.2. The molecule has 1 fully saturated rings. The molecule has 1 aliphatic rings. The van der Waals surface area contributed by atoms with Crippen LogP contribution in [0.4, 0.5) is 10.5 Å². The van der Waals surface area contributed by atoms with Crippen LogP contribution in [-0.4, -0.2) is 34.2 Å². The van der Waals surface area contributed by atoms with E-state index in [9.17, 15) is 19.2 Å². The summed E-state index contributed by atoms with van der Waals surface area (Å²) in [6.45, 7) is 0.125. The molecule has 1 saturated heterocycles. The lowest BCUT2D eigenvalue weighted by atomic mass is 10.2. The summed E-state index contributed by atoms with van der Waals surface area (Å²) in [5, 5.41) is 2.15. The van der Waals surface area contributed by atoms with E-state index in [0.29, 0.717) is 17.5 Å². The summed E-state index contributed by atoms with van der Waals surface area (Å²) in [5.74, 6) is -0.374. The molecule has 0 aliphatic carbocycles. The topological polar surface area (TPSA) is 101 Å². The summed E-state index contributed by atoms with van der Waals surface area (Å²) in [5.41, 5.74) is 0.344. The molecule has 3 amide bonds. The molecule has 21 heavy (non-hydrogen) atoms. The average Bonchev–Trinajstić information content (AvgIpc) is 2.48. The van der Waals surface area contributed by atoms with Crippen molar-refractivity contribution in [1.82, 2.24) is 14.7 Å². The van der Waals surface area contributed by atoms with Crippen molar-refractivity contribution in [2.45, 2.75) is 6.42 Å². The first kappa shape index (κ1) is 13.0. The van der Waals surface area contributed by atoms with E-state index in [1.807, 2.05) is 0 Å². The van der Waals surface area contributed by atoms with Gasteiger partial charge in [-0.1, -0.05) is 0 Å². The standard InChI is InChI=1S/C13H10N4O4/c18-7-8-1-3-17-10(5-8)14-6-9(12(17)20)16-4-2-11(19)15-13(16)21/h1,3,5-7H,2,4H2,(H,15,19,21). The number of carbonyl (C=O) groups is 3. The number of anilines is 1. The molecule has 2 aromatic heterocycles. The number of fused-ring (bicyclic) bond motifs is 1. The minimum Gasteiger partial charge on any atom is -0.298 e. The van der Waals surface area contributed by atoms with Crippen molar-refractivity contribution in [3.8, 4) is 0 Å². The fraction of sp³-hybridized carbons (Fsp3) is 0.154. The van der Waals surface area contributed by atoms with Crippen molar-refractivity contribution in [3.63, 3.8) is 0 Å². The van der Waals surface area contributed by atoms with Crippen LogP contribution < -0.4 is 15.8 Å². The van der Waals surface area contributed by atoms with Crippen molar-refractivity contribution in [3.05, 3.63) is 40.4 Å². The Labute approximate surface area is 118 Å². The molecule has 0 saturated carbocycles. The third-order valence-electron chi connectivity index (χ3n) is 3.20. The normalized spacial score (nSPS) is 15.1. The molecule has 3 rings (SSSR count). The molecule has 1 N–H and O–H groups in total. The molecule has 0 atom stereocenters. The number of hydrogen-bond acceptors (Lipinski definition) is 5. The zero-order chi connectivity index (χ0) is 15.0. The Morgan fingerprint density at radius 1 is 1.29 bits per heavy atom. The monoisotopic (exact) mass is 286 g/mol. The Morgan fingerprint density at radius 2 is 2.10 bits per heavy atom. The van der Waals surface area contributed by atoms with Crippen LogP contribution in [0.25, 0.3) is 5.65 Å². The number of rotatable bonds is 2. The van der Waals surface area contributed by atoms with E-state index in [0.717, 1.165) is 0 Å². The molecule has 8 heteroatoms. The van der Waals surface area contributed by atoms with E-state index < -0.39 is 11.6 Å². The quantitative estimate of drug-likeness (QED) is 0.780. The number of carbonyl (C=O) groups excluding carboxylic acids is 3. The smallest absolute Gasteiger partial charge is 0.298 e. The summed E-state index contributed by atoms with van der Waals surface area (Å²) < 4.78 is 1.24. The number of urea groups is 1. The molecule has 106 valence electrons. The molecule has 0 radical (unpaired) electrons. The van der Waals surface area contributed by atoms with Crippen LogP contribution in [-0.2, 0) is 4.79 Å². The highest BCUT2D eigenvalue weighted by Crippen LogP contribution is 2.12.